The lowest BCUT2D eigenvalue weighted by Gasteiger charge is -2.40. The molecule has 1 fully saturated rings. The number of halogens is 5. The number of carbonyl (C=O) groups excluding carboxylic acids is 1. The molecule has 0 aliphatic carbocycles. The van der Waals surface area contributed by atoms with E-state index in [-0.39, 0.29) is 12.2 Å². The van der Waals surface area contributed by atoms with Crippen LogP contribution in [0.3, 0.4) is 0 Å². The minimum absolute atomic E-state index is 0.128. The highest BCUT2D eigenvalue weighted by atomic mass is 19.4. The highest BCUT2D eigenvalue weighted by molar-refractivity contribution is 5.80. The van der Waals surface area contributed by atoms with Gasteiger partial charge >= 0.3 is 18.2 Å². The second kappa shape index (κ2) is 10.2. The van der Waals surface area contributed by atoms with E-state index in [9.17, 15) is 31.5 Å². The third-order valence-corrected chi connectivity index (χ3v) is 5.62. The van der Waals surface area contributed by atoms with E-state index in [0.29, 0.717) is 31.2 Å². The van der Waals surface area contributed by atoms with Gasteiger partial charge in [0.25, 0.3) is 5.56 Å². The Labute approximate surface area is 207 Å². The molecule has 1 aromatic heterocycles. The van der Waals surface area contributed by atoms with Gasteiger partial charge in [0.2, 0.25) is 11.6 Å². The number of hydroxylamine groups is 1. The third kappa shape index (κ3) is 5.02. The molecule has 1 aromatic carbocycles. The summed E-state index contributed by atoms with van der Waals surface area (Å²) in [5, 5.41) is 3.65. The number of fused-ring (bicyclic) bond motifs is 1. The van der Waals surface area contributed by atoms with Crippen molar-refractivity contribution in [1.29, 1.82) is 0 Å². The van der Waals surface area contributed by atoms with Gasteiger partial charge in [-0.15, -0.1) is 11.0 Å². The molecule has 1 unspecified atom stereocenters. The van der Waals surface area contributed by atoms with Crippen molar-refractivity contribution in [2.75, 3.05) is 42.7 Å². The molecule has 1 N–H and O–H groups in total. The zero-order valence-electron chi connectivity index (χ0n) is 19.6. The Kier molecular flexibility index (Phi) is 7.23. The van der Waals surface area contributed by atoms with Crippen LogP contribution in [0.4, 0.5) is 33.5 Å². The number of benzene rings is 1. The van der Waals surface area contributed by atoms with Crippen molar-refractivity contribution in [2.24, 2.45) is 7.05 Å². The second-order valence-corrected chi connectivity index (χ2v) is 7.97. The number of rotatable bonds is 5. The van der Waals surface area contributed by atoms with Crippen LogP contribution in [0.1, 0.15) is 6.92 Å². The standard InChI is InChI=1S/C22H21F5N6O4/c1-3-4-10-32-15-17(29-20(30(2)18(15)34)36-16-13(23)6-5-7-14(16)24)33(37-19(35)22(25,26)27)21(32)31-11-8-28-9-12-31/h5-7,21,28H,8-12H2,1-2H3. The first kappa shape index (κ1) is 26.2. The van der Waals surface area contributed by atoms with E-state index in [1.54, 1.807) is 4.90 Å². The first-order chi connectivity index (χ1) is 17.5. The van der Waals surface area contributed by atoms with Gasteiger partial charge in [-0.3, -0.25) is 14.3 Å². The lowest BCUT2D eigenvalue weighted by molar-refractivity contribution is -0.203. The smallest absolute Gasteiger partial charge is 0.419 e. The number of hydrogen-bond donors (Lipinski definition) is 1. The van der Waals surface area contributed by atoms with Crippen molar-refractivity contribution in [2.45, 2.75) is 19.4 Å². The van der Waals surface area contributed by atoms with E-state index in [4.69, 9.17) is 9.57 Å². The quantitative estimate of drug-likeness (QED) is 0.460. The summed E-state index contributed by atoms with van der Waals surface area (Å²) in [7, 11) is 1.21. The van der Waals surface area contributed by atoms with Gasteiger partial charge in [0, 0.05) is 33.2 Å². The number of piperazine rings is 1. The maximum Gasteiger partial charge on any atom is 0.493 e. The van der Waals surface area contributed by atoms with E-state index >= 15 is 0 Å². The molecule has 198 valence electrons. The Morgan fingerprint density at radius 2 is 1.86 bits per heavy atom. The second-order valence-electron chi connectivity index (χ2n) is 7.97. The summed E-state index contributed by atoms with van der Waals surface area (Å²) in [6.45, 7) is 2.98. The van der Waals surface area contributed by atoms with Crippen LogP contribution in [-0.2, 0) is 16.7 Å². The van der Waals surface area contributed by atoms with Crippen LogP contribution in [0.2, 0.25) is 0 Å². The van der Waals surface area contributed by atoms with Crippen LogP contribution in [0.5, 0.6) is 11.8 Å². The van der Waals surface area contributed by atoms with E-state index in [0.717, 1.165) is 22.8 Å². The summed E-state index contributed by atoms with van der Waals surface area (Å²) in [6, 6.07) is 2.26. The minimum atomic E-state index is -5.36. The fourth-order valence-electron chi connectivity index (χ4n) is 3.89. The number of para-hydroxylation sites is 1. The number of anilines is 2. The molecule has 0 radical (unpaired) electrons. The van der Waals surface area contributed by atoms with Gasteiger partial charge in [-0.25, -0.2) is 13.6 Å². The molecular weight excluding hydrogens is 507 g/mol. The summed E-state index contributed by atoms with van der Waals surface area (Å²) in [5.74, 6) is -0.730. The van der Waals surface area contributed by atoms with Gasteiger partial charge in [0.05, 0.1) is 6.54 Å². The average Bonchev–Trinajstić information content (AvgIpc) is 3.15. The van der Waals surface area contributed by atoms with E-state index in [2.05, 4.69) is 22.1 Å². The molecule has 0 amide bonds. The zero-order valence-corrected chi connectivity index (χ0v) is 19.6. The summed E-state index contributed by atoms with van der Waals surface area (Å²) < 4.78 is 74.1. The summed E-state index contributed by atoms with van der Waals surface area (Å²) in [6.07, 6.45) is -6.58. The molecule has 3 heterocycles. The van der Waals surface area contributed by atoms with E-state index in [1.807, 2.05) is 0 Å². The molecule has 2 aliphatic heterocycles. The SMILES string of the molecule is CC#CCN1c2c(nc(Oc3c(F)cccc3F)n(C)c2=O)N(OC(=O)C(F)(F)F)C1N1CCNCC1. The molecule has 0 saturated carbocycles. The molecular formula is C22H21F5N6O4. The van der Waals surface area contributed by atoms with Gasteiger partial charge in [0.1, 0.15) is 0 Å². The van der Waals surface area contributed by atoms with Crippen LogP contribution in [0, 0.1) is 23.5 Å². The summed E-state index contributed by atoms with van der Waals surface area (Å²) in [4.78, 5) is 37.1. The number of aromatic nitrogens is 2. The fraction of sp³-hybridized carbons (Fsp3) is 0.409. The van der Waals surface area contributed by atoms with Gasteiger partial charge in [-0.2, -0.15) is 18.2 Å². The van der Waals surface area contributed by atoms with Crippen molar-refractivity contribution in [1.82, 2.24) is 19.8 Å². The Hall–Kier alpha value is -3.90. The third-order valence-electron chi connectivity index (χ3n) is 5.62. The van der Waals surface area contributed by atoms with Crippen LogP contribution >= 0.6 is 0 Å². The first-order valence-electron chi connectivity index (χ1n) is 11.0. The molecule has 0 spiro atoms. The number of nitrogens with zero attached hydrogens (tertiary/aromatic N) is 5. The zero-order chi connectivity index (χ0) is 26.9. The molecule has 10 nitrogen and oxygen atoms in total. The predicted octanol–water partition coefficient (Wildman–Crippen LogP) is 1.71. The van der Waals surface area contributed by atoms with Crippen LogP contribution < -0.4 is 25.6 Å². The molecule has 1 atom stereocenters. The topological polar surface area (TPSA) is 92.2 Å². The van der Waals surface area contributed by atoms with Crippen LogP contribution in [0.25, 0.3) is 0 Å². The van der Waals surface area contributed by atoms with Gasteiger partial charge in [-0.05, 0) is 19.1 Å². The number of carbonyl (C=O) groups is 1. The maximum atomic E-state index is 14.2. The Morgan fingerprint density at radius 1 is 1.22 bits per heavy atom. The summed E-state index contributed by atoms with van der Waals surface area (Å²) in [5.41, 5.74) is -1.06. The number of nitrogens with one attached hydrogen (secondary N) is 1. The Morgan fingerprint density at radius 3 is 2.46 bits per heavy atom. The molecule has 0 bridgehead atoms. The largest absolute Gasteiger partial charge is 0.493 e. The normalized spacial score (nSPS) is 17.8. The van der Waals surface area contributed by atoms with Crippen molar-refractivity contribution in [3.8, 4) is 23.6 Å². The fourth-order valence-corrected chi connectivity index (χ4v) is 3.89. The Balaban J connectivity index is 1.88. The number of ether oxygens (including phenoxy) is 1. The highest BCUT2D eigenvalue weighted by Gasteiger charge is 2.50. The van der Waals surface area contributed by atoms with Crippen molar-refractivity contribution in [3.63, 3.8) is 0 Å². The highest BCUT2D eigenvalue weighted by Crippen LogP contribution is 2.39. The monoisotopic (exact) mass is 528 g/mol. The van der Waals surface area contributed by atoms with Crippen LogP contribution in [-0.4, -0.2) is 65.6 Å². The summed E-state index contributed by atoms with van der Waals surface area (Å²) >= 11 is 0. The van der Waals surface area contributed by atoms with E-state index in [1.165, 1.54) is 18.9 Å². The minimum Gasteiger partial charge on any atom is -0.419 e. The van der Waals surface area contributed by atoms with Gasteiger partial charge < -0.3 is 19.8 Å². The molecule has 1 saturated heterocycles. The van der Waals surface area contributed by atoms with Crippen molar-refractivity contribution in [3.05, 3.63) is 40.2 Å². The first-order valence-corrected chi connectivity index (χ1v) is 11.0. The van der Waals surface area contributed by atoms with Crippen molar-refractivity contribution < 1.29 is 36.3 Å². The van der Waals surface area contributed by atoms with Crippen LogP contribution in [0.15, 0.2) is 23.0 Å². The lowest BCUT2D eigenvalue weighted by atomic mass is 10.3. The van der Waals surface area contributed by atoms with Gasteiger partial charge in [0.15, 0.2) is 23.6 Å². The molecule has 15 heteroatoms. The maximum absolute atomic E-state index is 14.2. The lowest BCUT2D eigenvalue weighted by Crippen LogP contribution is -2.61. The molecule has 37 heavy (non-hydrogen) atoms. The number of hydrogen-bond acceptors (Lipinski definition) is 9. The van der Waals surface area contributed by atoms with Gasteiger partial charge in [-0.1, -0.05) is 12.0 Å². The number of alkyl halides is 3. The van der Waals surface area contributed by atoms with Crippen molar-refractivity contribution >= 4 is 17.5 Å². The van der Waals surface area contributed by atoms with E-state index < -0.39 is 53.2 Å². The molecule has 4 rings (SSSR count). The molecule has 2 aliphatic rings. The predicted molar refractivity (Wildman–Crippen MR) is 120 cm³/mol. The average molecular weight is 528 g/mol. The Bertz CT molecular complexity index is 1300. The molecule has 2 aromatic rings.